The monoisotopic (exact) mass is 340 g/mol. The number of carbonyl (C=O) groups is 1. The molecule has 0 saturated carbocycles. The van der Waals surface area contributed by atoms with E-state index in [0.717, 1.165) is 26.3 Å². The SMILES string of the molecule is C[C@@H](CNC(=O)NC[C@@H](c1ccsc1)N(C)C)N1CCOCC1. The van der Waals surface area contributed by atoms with Gasteiger partial charge < -0.3 is 20.3 Å². The molecule has 2 atom stereocenters. The van der Waals surface area contributed by atoms with Crippen molar-refractivity contribution in [2.24, 2.45) is 0 Å². The van der Waals surface area contributed by atoms with Gasteiger partial charge >= 0.3 is 6.03 Å². The number of ether oxygens (including phenoxy) is 1. The molecule has 0 radical (unpaired) electrons. The van der Waals surface area contributed by atoms with Crippen molar-refractivity contribution in [2.45, 2.75) is 19.0 Å². The van der Waals surface area contributed by atoms with Gasteiger partial charge in [-0.25, -0.2) is 4.79 Å². The second kappa shape index (κ2) is 9.22. The van der Waals surface area contributed by atoms with Gasteiger partial charge in [0.25, 0.3) is 0 Å². The number of nitrogens with zero attached hydrogens (tertiary/aromatic N) is 2. The highest BCUT2D eigenvalue weighted by molar-refractivity contribution is 7.07. The normalized spacial score (nSPS) is 18.6. The zero-order valence-corrected chi connectivity index (χ0v) is 15.1. The number of nitrogens with one attached hydrogen (secondary N) is 2. The maximum absolute atomic E-state index is 12.0. The van der Waals surface area contributed by atoms with Gasteiger partial charge in [-0.15, -0.1) is 0 Å². The van der Waals surface area contributed by atoms with Crippen molar-refractivity contribution in [1.82, 2.24) is 20.4 Å². The predicted octanol–water partition coefficient (Wildman–Crippen LogP) is 1.37. The summed E-state index contributed by atoms with van der Waals surface area (Å²) in [6.07, 6.45) is 0. The molecule has 2 amide bonds. The molecule has 1 aromatic rings. The number of hydrogen-bond acceptors (Lipinski definition) is 5. The third-order valence-electron chi connectivity index (χ3n) is 4.23. The van der Waals surface area contributed by atoms with Crippen LogP contribution in [0.3, 0.4) is 0 Å². The molecule has 0 spiro atoms. The lowest BCUT2D eigenvalue weighted by molar-refractivity contribution is 0.0209. The first-order valence-corrected chi connectivity index (χ1v) is 9.04. The summed E-state index contributed by atoms with van der Waals surface area (Å²) in [5.74, 6) is 0. The van der Waals surface area contributed by atoms with Crippen molar-refractivity contribution in [3.8, 4) is 0 Å². The minimum atomic E-state index is -0.104. The van der Waals surface area contributed by atoms with Crippen LogP contribution in [0.1, 0.15) is 18.5 Å². The van der Waals surface area contributed by atoms with E-state index in [0.29, 0.717) is 19.1 Å². The molecule has 1 saturated heterocycles. The first kappa shape index (κ1) is 18.2. The average Bonchev–Trinajstić information content (AvgIpc) is 3.07. The minimum Gasteiger partial charge on any atom is -0.379 e. The molecule has 1 fully saturated rings. The third-order valence-corrected chi connectivity index (χ3v) is 4.94. The number of amides is 2. The molecule has 0 bridgehead atoms. The molecule has 7 heteroatoms. The zero-order chi connectivity index (χ0) is 16.7. The van der Waals surface area contributed by atoms with E-state index in [9.17, 15) is 4.79 Å². The van der Waals surface area contributed by atoms with E-state index in [1.54, 1.807) is 11.3 Å². The molecule has 1 aromatic heterocycles. The van der Waals surface area contributed by atoms with Crippen LogP contribution in [-0.4, -0.2) is 75.4 Å². The van der Waals surface area contributed by atoms with Gasteiger partial charge in [-0.05, 0) is 43.4 Å². The molecular weight excluding hydrogens is 312 g/mol. The van der Waals surface area contributed by atoms with Gasteiger partial charge in [0.1, 0.15) is 0 Å². The lowest BCUT2D eigenvalue weighted by atomic mass is 10.1. The van der Waals surface area contributed by atoms with Gasteiger partial charge in [-0.1, -0.05) is 0 Å². The van der Waals surface area contributed by atoms with Crippen molar-refractivity contribution in [2.75, 3.05) is 53.5 Å². The molecule has 1 aliphatic rings. The molecular formula is C16H28N4O2S. The quantitative estimate of drug-likeness (QED) is 0.787. The van der Waals surface area contributed by atoms with Gasteiger partial charge in [-0.2, -0.15) is 11.3 Å². The summed E-state index contributed by atoms with van der Waals surface area (Å²) in [7, 11) is 4.06. The highest BCUT2D eigenvalue weighted by atomic mass is 32.1. The van der Waals surface area contributed by atoms with Crippen LogP contribution in [0, 0.1) is 0 Å². The Morgan fingerprint density at radius 2 is 2.04 bits per heavy atom. The molecule has 0 unspecified atom stereocenters. The zero-order valence-electron chi connectivity index (χ0n) is 14.2. The molecule has 6 nitrogen and oxygen atoms in total. The second-order valence-corrected chi connectivity index (χ2v) is 6.90. The van der Waals surface area contributed by atoms with E-state index in [-0.39, 0.29) is 12.1 Å². The summed E-state index contributed by atoms with van der Waals surface area (Å²) >= 11 is 1.68. The third kappa shape index (κ3) is 5.76. The Kier molecular flexibility index (Phi) is 7.29. The van der Waals surface area contributed by atoms with Crippen LogP contribution < -0.4 is 10.6 Å². The van der Waals surface area contributed by atoms with Crippen LogP contribution in [0.25, 0.3) is 0 Å². The molecule has 2 heterocycles. The maximum atomic E-state index is 12.0. The lowest BCUT2D eigenvalue weighted by Gasteiger charge is -2.32. The fourth-order valence-corrected chi connectivity index (χ4v) is 3.41. The number of morpholine rings is 1. The Morgan fingerprint density at radius 1 is 1.35 bits per heavy atom. The van der Waals surface area contributed by atoms with Gasteiger partial charge in [0.15, 0.2) is 0 Å². The maximum Gasteiger partial charge on any atom is 0.314 e. The molecule has 23 heavy (non-hydrogen) atoms. The van der Waals surface area contributed by atoms with Crippen LogP contribution in [0.4, 0.5) is 4.79 Å². The van der Waals surface area contributed by atoms with Crippen LogP contribution in [0.15, 0.2) is 16.8 Å². The summed E-state index contributed by atoms with van der Waals surface area (Å²) in [6.45, 7) is 6.82. The van der Waals surface area contributed by atoms with Gasteiger partial charge in [-0.3, -0.25) is 4.90 Å². The first-order chi connectivity index (χ1) is 11.1. The number of thiophene rings is 1. The van der Waals surface area contributed by atoms with Crippen molar-refractivity contribution in [3.05, 3.63) is 22.4 Å². The van der Waals surface area contributed by atoms with E-state index < -0.39 is 0 Å². The predicted molar refractivity (Wildman–Crippen MR) is 94.0 cm³/mol. The van der Waals surface area contributed by atoms with E-state index in [2.05, 4.69) is 44.2 Å². The first-order valence-electron chi connectivity index (χ1n) is 8.10. The summed E-state index contributed by atoms with van der Waals surface area (Å²) < 4.78 is 5.35. The summed E-state index contributed by atoms with van der Waals surface area (Å²) in [5.41, 5.74) is 1.24. The van der Waals surface area contributed by atoms with Crippen LogP contribution in [-0.2, 0) is 4.74 Å². The largest absolute Gasteiger partial charge is 0.379 e. The van der Waals surface area contributed by atoms with Crippen molar-refractivity contribution in [1.29, 1.82) is 0 Å². The molecule has 130 valence electrons. The van der Waals surface area contributed by atoms with Crippen molar-refractivity contribution in [3.63, 3.8) is 0 Å². The Morgan fingerprint density at radius 3 is 2.65 bits per heavy atom. The Hall–Kier alpha value is -1.15. The van der Waals surface area contributed by atoms with E-state index >= 15 is 0 Å². The van der Waals surface area contributed by atoms with Crippen molar-refractivity contribution < 1.29 is 9.53 Å². The van der Waals surface area contributed by atoms with Crippen LogP contribution >= 0.6 is 11.3 Å². The smallest absolute Gasteiger partial charge is 0.314 e. The summed E-state index contributed by atoms with van der Waals surface area (Å²) in [4.78, 5) is 16.5. The summed E-state index contributed by atoms with van der Waals surface area (Å²) in [6, 6.07) is 2.53. The van der Waals surface area contributed by atoms with Gasteiger partial charge in [0.05, 0.1) is 19.3 Å². The minimum absolute atomic E-state index is 0.104. The van der Waals surface area contributed by atoms with Gasteiger partial charge in [0.2, 0.25) is 0 Å². The fourth-order valence-electron chi connectivity index (χ4n) is 2.70. The summed E-state index contributed by atoms with van der Waals surface area (Å²) in [5, 5.41) is 10.1. The number of carbonyl (C=O) groups excluding carboxylic acids is 1. The van der Waals surface area contributed by atoms with Crippen LogP contribution in [0.5, 0.6) is 0 Å². The number of urea groups is 1. The Balaban J connectivity index is 1.71. The van der Waals surface area contributed by atoms with Crippen LogP contribution in [0.2, 0.25) is 0 Å². The number of hydrogen-bond donors (Lipinski definition) is 2. The second-order valence-electron chi connectivity index (χ2n) is 6.12. The average molecular weight is 340 g/mol. The standard InChI is InChI=1S/C16H28N4O2S/c1-13(20-5-7-22-8-6-20)10-17-16(21)18-11-15(19(2)3)14-4-9-23-12-14/h4,9,12-13,15H,5-8,10-11H2,1-3H3,(H2,17,18,21)/t13-,15-/m0/s1. The molecule has 0 aliphatic carbocycles. The topological polar surface area (TPSA) is 56.8 Å². The molecule has 2 N–H and O–H groups in total. The Labute approximate surface area is 142 Å². The lowest BCUT2D eigenvalue weighted by Crippen LogP contribution is -2.49. The number of rotatable bonds is 7. The highest BCUT2D eigenvalue weighted by Crippen LogP contribution is 2.19. The van der Waals surface area contributed by atoms with E-state index in [4.69, 9.17) is 4.74 Å². The molecule has 0 aromatic carbocycles. The van der Waals surface area contributed by atoms with E-state index in [1.807, 2.05) is 14.1 Å². The number of likely N-dealkylation sites (N-methyl/N-ethyl adjacent to an activating group) is 1. The van der Waals surface area contributed by atoms with E-state index in [1.165, 1.54) is 5.56 Å². The molecule has 2 rings (SSSR count). The highest BCUT2D eigenvalue weighted by Gasteiger charge is 2.18. The molecule has 1 aliphatic heterocycles. The Bertz CT molecular complexity index is 461. The van der Waals surface area contributed by atoms with Crippen molar-refractivity contribution >= 4 is 17.4 Å². The van der Waals surface area contributed by atoms with Gasteiger partial charge in [0, 0.05) is 32.2 Å². The fraction of sp³-hybridized carbons (Fsp3) is 0.688.